The van der Waals surface area contributed by atoms with Crippen LogP contribution in [0.1, 0.15) is 50.1 Å². The number of ether oxygens (including phenoxy) is 1. The van der Waals surface area contributed by atoms with Gasteiger partial charge in [0.1, 0.15) is 5.75 Å². The molecule has 3 N–H and O–H groups in total. The molecule has 110 valence electrons. The lowest BCUT2D eigenvalue weighted by atomic mass is 9.61. The summed E-state index contributed by atoms with van der Waals surface area (Å²) in [6, 6.07) is 8.69. The van der Waals surface area contributed by atoms with Gasteiger partial charge < -0.3 is 4.74 Å². The Hall–Kier alpha value is -1.06. The van der Waals surface area contributed by atoms with E-state index in [-0.39, 0.29) is 6.04 Å². The van der Waals surface area contributed by atoms with E-state index in [1.54, 1.807) is 7.11 Å². The molecule has 0 aliphatic heterocycles. The monoisotopic (exact) mass is 274 g/mol. The molecule has 1 atom stereocenters. The summed E-state index contributed by atoms with van der Waals surface area (Å²) in [7, 11) is 1.71. The molecule has 1 aromatic rings. The van der Waals surface area contributed by atoms with Crippen LogP contribution in [0.25, 0.3) is 0 Å². The normalized spacial score (nSPS) is 21.4. The number of benzene rings is 1. The first-order valence-electron chi connectivity index (χ1n) is 7.93. The number of methoxy groups -OCH3 is 1. The van der Waals surface area contributed by atoms with Crippen LogP contribution in [-0.4, -0.2) is 7.11 Å². The van der Waals surface area contributed by atoms with Crippen LogP contribution in [0.15, 0.2) is 24.3 Å². The standard InChI is InChI=1S/C17H26N2O/c1-20-15-10-8-14(9-11-15)17(19-18)16(12-4-2-5-12)13-6-3-7-13/h8-13,16-17,19H,2-7,18H2,1H3. The molecule has 3 nitrogen and oxygen atoms in total. The molecule has 0 saturated heterocycles. The van der Waals surface area contributed by atoms with Crippen LogP contribution in [0.3, 0.4) is 0 Å². The molecule has 2 aliphatic carbocycles. The lowest BCUT2D eigenvalue weighted by Crippen LogP contribution is -2.44. The number of hydrazine groups is 1. The predicted octanol–water partition coefficient (Wildman–Crippen LogP) is 3.42. The van der Waals surface area contributed by atoms with E-state index in [0.717, 1.165) is 17.6 Å². The Labute approximate surface area is 121 Å². The van der Waals surface area contributed by atoms with Gasteiger partial charge in [-0.25, -0.2) is 0 Å². The van der Waals surface area contributed by atoms with Gasteiger partial charge in [0.25, 0.3) is 0 Å². The summed E-state index contributed by atoms with van der Waals surface area (Å²) in [5.41, 5.74) is 4.42. The molecule has 1 aromatic carbocycles. The number of nitrogens with one attached hydrogen (secondary N) is 1. The third-order valence-electron chi connectivity index (χ3n) is 5.43. The summed E-state index contributed by atoms with van der Waals surface area (Å²) >= 11 is 0. The van der Waals surface area contributed by atoms with E-state index in [4.69, 9.17) is 10.6 Å². The minimum atomic E-state index is 0.288. The Morgan fingerprint density at radius 3 is 1.95 bits per heavy atom. The van der Waals surface area contributed by atoms with Crippen LogP contribution >= 0.6 is 0 Å². The summed E-state index contributed by atoms with van der Waals surface area (Å²) < 4.78 is 5.25. The van der Waals surface area contributed by atoms with Crippen LogP contribution in [-0.2, 0) is 0 Å². The molecule has 2 fully saturated rings. The molecule has 2 aliphatic rings. The molecule has 0 amide bonds. The van der Waals surface area contributed by atoms with Gasteiger partial charge in [-0.05, 0) is 35.4 Å². The Bertz CT molecular complexity index is 409. The van der Waals surface area contributed by atoms with Crippen LogP contribution in [0.2, 0.25) is 0 Å². The molecule has 3 heteroatoms. The van der Waals surface area contributed by atoms with Gasteiger partial charge in [-0.2, -0.15) is 0 Å². The van der Waals surface area contributed by atoms with Crippen molar-refractivity contribution in [1.29, 1.82) is 0 Å². The molecule has 1 unspecified atom stereocenters. The Balaban J connectivity index is 1.80. The summed E-state index contributed by atoms with van der Waals surface area (Å²) in [5.74, 6) is 9.27. The highest BCUT2D eigenvalue weighted by atomic mass is 16.5. The van der Waals surface area contributed by atoms with Crippen molar-refractivity contribution in [2.24, 2.45) is 23.6 Å². The maximum atomic E-state index is 5.93. The fourth-order valence-corrected chi connectivity index (χ4v) is 3.82. The average molecular weight is 274 g/mol. The van der Waals surface area contributed by atoms with Crippen LogP contribution in [0.4, 0.5) is 0 Å². The maximum Gasteiger partial charge on any atom is 0.118 e. The average Bonchev–Trinajstić information content (AvgIpc) is 2.36. The molecule has 2 saturated carbocycles. The van der Waals surface area contributed by atoms with Gasteiger partial charge in [-0.3, -0.25) is 11.3 Å². The third-order valence-corrected chi connectivity index (χ3v) is 5.43. The fraction of sp³-hybridized carbons (Fsp3) is 0.647. The molecule has 20 heavy (non-hydrogen) atoms. The van der Waals surface area contributed by atoms with E-state index in [1.807, 2.05) is 12.1 Å². The van der Waals surface area contributed by atoms with Gasteiger partial charge in [-0.15, -0.1) is 0 Å². The van der Waals surface area contributed by atoms with Crippen molar-refractivity contribution in [1.82, 2.24) is 5.43 Å². The lowest BCUT2D eigenvalue weighted by Gasteiger charge is -2.46. The van der Waals surface area contributed by atoms with Crippen molar-refractivity contribution in [3.05, 3.63) is 29.8 Å². The van der Waals surface area contributed by atoms with E-state index in [2.05, 4.69) is 17.6 Å². The molecule has 0 bridgehead atoms. The second-order valence-electron chi connectivity index (χ2n) is 6.38. The predicted molar refractivity (Wildman–Crippen MR) is 81.2 cm³/mol. The lowest BCUT2D eigenvalue weighted by molar-refractivity contribution is 0.0595. The number of hydrogen-bond acceptors (Lipinski definition) is 3. The first kappa shape index (κ1) is 13.9. The summed E-state index contributed by atoms with van der Waals surface area (Å²) in [4.78, 5) is 0. The SMILES string of the molecule is COc1ccc(C(NN)C(C2CCC2)C2CCC2)cc1. The number of rotatable bonds is 6. The second-order valence-corrected chi connectivity index (χ2v) is 6.38. The minimum absolute atomic E-state index is 0.288. The van der Waals surface area contributed by atoms with Crippen molar-refractivity contribution in [3.8, 4) is 5.75 Å². The number of hydrogen-bond donors (Lipinski definition) is 2. The van der Waals surface area contributed by atoms with Crippen molar-refractivity contribution in [2.45, 2.75) is 44.6 Å². The van der Waals surface area contributed by atoms with Crippen LogP contribution in [0, 0.1) is 17.8 Å². The fourth-order valence-electron chi connectivity index (χ4n) is 3.82. The van der Waals surface area contributed by atoms with Gasteiger partial charge in [-0.1, -0.05) is 50.7 Å². The Kier molecular flexibility index (Phi) is 4.27. The van der Waals surface area contributed by atoms with Gasteiger partial charge >= 0.3 is 0 Å². The molecule has 0 aromatic heterocycles. The van der Waals surface area contributed by atoms with E-state index in [0.29, 0.717) is 5.92 Å². The van der Waals surface area contributed by atoms with Crippen LogP contribution in [0.5, 0.6) is 5.75 Å². The number of nitrogens with two attached hydrogens (primary N) is 1. The zero-order valence-corrected chi connectivity index (χ0v) is 12.3. The van der Waals surface area contributed by atoms with Crippen molar-refractivity contribution in [3.63, 3.8) is 0 Å². The topological polar surface area (TPSA) is 47.3 Å². The zero-order valence-electron chi connectivity index (χ0n) is 12.3. The van der Waals surface area contributed by atoms with Crippen molar-refractivity contribution < 1.29 is 4.74 Å². The summed E-state index contributed by atoms with van der Waals surface area (Å²) in [6.45, 7) is 0. The Morgan fingerprint density at radius 1 is 1.05 bits per heavy atom. The smallest absolute Gasteiger partial charge is 0.118 e. The first-order chi connectivity index (χ1) is 9.83. The second kappa shape index (κ2) is 6.15. The molecule has 0 spiro atoms. The van der Waals surface area contributed by atoms with Gasteiger partial charge in [0.15, 0.2) is 0 Å². The van der Waals surface area contributed by atoms with E-state index in [9.17, 15) is 0 Å². The van der Waals surface area contributed by atoms with E-state index >= 15 is 0 Å². The van der Waals surface area contributed by atoms with Crippen LogP contribution < -0.4 is 16.0 Å². The molecule has 3 rings (SSSR count). The van der Waals surface area contributed by atoms with E-state index < -0.39 is 0 Å². The highest BCUT2D eigenvalue weighted by molar-refractivity contribution is 5.29. The van der Waals surface area contributed by atoms with Crippen molar-refractivity contribution in [2.75, 3.05) is 7.11 Å². The van der Waals surface area contributed by atoms with Gasteiger partial charge in [0, 0.05) is 6.04 Å². The molecule has 0 heterocycles. The summed E-state index contributed by atoms with van der Waals surface area (Å²) in [5, 5.41) is 0. The van der Waals surface area contributed by atoms with Gasteiger partial charge in [0.2, 0.25) is 0 Å². The highest BCUT2D eigenvalue weighted by Crippen LogP contribution is 2.49. The quantitative estimate of drug-likeness (QED) is 0.617. The zero-order chi connectivity index (χ0) is 13.9. The van der Waals surface area contributed by atoms with Crippen molar-refractivity contribution >= 4 is 0 Å². The summed E-state index contributed by atoms with van der Waals surface area (Å²) in [6.07, 6.45) is 8.33. The minimum Gasteiger partial charge on any atom is -0.497 e. The third kappa shape index (κ3) is 2.57. The Morgan fingerprint density at radius 2 is 1.60 bits per heavy atom. The maximum absolute atomic E-state index is 5.93. The highest BCUT2D eigenvalue weighted by Gasteiger charge is 2.40. The molecular weight excluding hydrogens is 248 g/mol. The van der Waals surface area contributed by atoms with Gasteiger partial charge in [0.05, 0.1) is 7.11 Å². The molecular formula is C17H26N2O. The molecule has 0 radical (unpaired) electrons. The van der Waals surface area contributed by atoms with E-state index in [1.165, 1.54) is 44.1 Å². The largest absolute Gasteiger partial charge is 0.497 e. The first-order valence-corrected chi connectivity index (χ1v) is 7.93.